The number of carbonyl (C=O) groups is 1. The van der Waals surface area contributed by atoms with Gasteiger partial charge in [0.15, 0.2) is 0 Å². The summed E-state index contributed by atoms with van der Waals surface area (Å²) in [6.45, 7) is 7.04. The van der Waals surface area contributed by atoms with E-state index in [-0.39, 0.29) is 17.7 Å². The van der Waals surface area contributed by atoms with Crippen molar-refractivity contribution in [3.8, 4) is 0 Å². The summed E-state index contributed by atoms with van der Waals surface area (Å²) in [6.07, 6.45) is 4.85. The second-order valence-electron chi connectivity index (χ2n) is 7.72. The molecule has 2 aliphatic rings. The second kappa shape index (κ2) is 7.70. The molecule has 1 aromatic rings. The van der Waals surface area contributed by atoms with E-state index < -0.39 is 0 Å². The first-order valence-corrected chi connectivity index (χ1v) is 9.27. The van der Waals surface area contributed by atoms with E-state index in [1.54, 1.807) is 0 Å². The minimum absolute atomic E-state index is 0.0305. The van der Waals surface area contributed by atoms with E-state index in [9.17, 15) is 4.79 Å². The summed E-state index contributed by atoms with van der Waals surface area (Å²) < 4.78 is 6.25. The summed E-state index contributed by atoms with van der Waals surface area (Å²) in [6, 6.07) is 6.58. The van der Waals surface area contributed by atoms with E-state index in [1.165, 1.54) is 0 Å². The first kappa shape index (κ1) is 18.1. The van der Waals surface area contributed by atoms with Crippen LogP contribution in [0.4, 0.5) is 4.79 Å². The quantitative estimate of drug-likeness (QED) is 0.908. The van der Waals surface area contributed by atoms with Gasteiger partial charge in [-0.1, -0.05) is 6.07 Å². The number of piperidine rings is 1. The fourth-order valence-corrected chi connectivity index (χ4v) is 3.87. The Morgan fingerprint density at radius 1 is 1.52 bits per heavy atom. The Hall–Kier alpha value is -1.66. The van der Waals surface area contributed by atoms with Crippen molar-refractivity contribution in [2.75, 3.05) is 26.7 Å². The number of hydrogen-bond donors (Lipinski definition) is 1. The van der Waals surface area contributed by atoms with E-state index in [1.807, 2.05) is 37.1 Å². The lowest BCUT2D eigenvalue weighted by molar-refractivity contribution is -0.0415. The van der Waals surface area contributed by atoms with E-state index in [4.69, 9.17) is 4.74 Å². The smallest absolute Gasteiger partial charge is 0.317 e. The number of carbonyl (C=O) groups excluding carboxylic acids is 1. The van der Waals surface area contributed by atoms with Crippen LogP contribution in [0.2, 0.25) is 0 Å². The van der Waals surface area contributed by atoms with Crippen molar-refractivity contribution < 1.29 is 9.53 Å². The van der Waals surface area contributed by atoms with Crippen molar-refractivity contribution in [3.05, 3.63) is 30.1 Å². The third kappa shape index (κ3) is 4.50. The number of urea groups is 1. The van der Waals surface area contributed by atoms with Crippen LogP contribution in [-0.4, -0.2) is 65.2 Å². The van der Waals surface area contributed by atoms with Gasteiger partial charge in [-0.25, -0.2) is 4.79 Å². The van der Waals surface area contributed by atoms with E-state index in [0.29, 0.717) is 12.6 Å². The molecule has 3 heterocycles. The van der Waals surface area contributed by atoms with Crippen LogP contribution in [0, 0.1) is 0 Å². The zero-order chi connectivity index (χ0) is 17.9. The molecule has 0 aromatic carbocycles. The van der Waals surface area contributed by atoms with Gasteiger partial charge in [0.25, 0.3) is 0 Å². The molecule has 138 valence electrons. The Morgan fingerprint density at radius 3 is 3.08 bits per heavy atom. The van der Waals surface area contributed by atoms with Gasteiger partial charge in [0.05, 0.1) is 24.4 Å². The molecule has 2 fully saturated rings. The normalized spacial score (nSPS) is 26.6. The summed E-state index contributed by atoms with van der Waals surface area (Å²) >= 11 is 0. The van der Waals surface area contributed by atoms with E-state index in [0.717, 1.165) is 44.7 Å². The molecular formula is C19H30N4O2. The van der Waals surface area contributed by atoms with Crippen molar-refractivity contribution in [1.82, 2.24) is 20.1 Å². The average molecular weight is 346 g/mol. The zero-order valence-corrected chi connectivity index (χ0v) is 15.6. The Morgan fingerprint density at radius 2 is 2.36 bits per heavy atom. The first-order valence-electron chi connectivity index (χ1n) is 9.27. The molecule has 0 unspecified atom stereocenters. The Bertz CT molecular complexity index is 580. The van der Waals surface area contributed by atoms with Gasteiger partial charge in [-0.05, 0) is 52.3 Å². The molecule has 6 heteroatoms. The lowest BCUT2D eigenvalue weighted by Crippen LogP contribution is -2.54. The second-order valence-corrected chi connectivity index (χ2v) is 7.72. The number of nitrogens with zero attached hydrogens (tertiary/aromatic N) is 3. The summed E-state index contributed by atoms with van der Waals surface area (Å²) in [5, 5.41) is 3.00. The van der Waals surface area contributed by atoms with Crippen LogP contribution in [0.15, 0.2) is 24.4 Å². The van der Waals surface area contributed by atoms with Crippen LogP contribution >= 0.6 is 0 Å². The zero-order valence-electron chi connectivity index (χ0n) is 15.6. The maximum Gasteiger partial charge on any atom is 0.317 e. The van der Waals surface area contributed by atoms with Crippen molar-refractivity contribution in [2.45, 2.75) is 57.3 Å². The molecule has 3 rings (SSSR count). The molecule has 6 nitrogen and oxygen atoms in total. The van der Waals surface area contributed by atoms with Crippen molar-refractivity contribution in [2.24, 2.45) is 0 Å². The molecule has 2 saturated heterocycles. The van der Waals surface area contributed by atoms with Crippen LogP contribution in [-0.2, 0) is 11.3 Å². The highest BCUT2D eigenvalue weighted by atomic mass is 16.5. The summed E-state index contributed by atoms with van der Waals surface area (Å²) in [5.41, 5.74) is 0.892. The fraction of sp³-hybridized carbons (Fsp3) is 0.684. The molecule has 2 amide bonds. The number of likely N-dealkylation sites (tertiary alicyclic amines) is 1. The molecule has 2 aliphatic heterocycles. The number of rotatable bonds is 4. The van der Waals surface area contributed by atoms with Gasteiger partial charge in [0.1, 0.15) is 0 Å². The summed E-state index contributed by atoms with van der Waals surface area (Å²) in [7, 11) is 2.13. The van der Waals surface area contributed by atoms with Gasteiger partial charge < -0.3 is 15.0 Å². The minimum atomic E-state index is -0.185. The van der Waals surface area contributed by atoms with Crippen LogP contribution in [0.5, 0.6) is 0 Å². The predicted molar refractivity (Wildman–Crippen MR) is 97.3 cm³/mol. The van der Waals surface area contributed by atoms with Crippen LogP contribution in [0.25, 0.3) is 0 Å². The molecule has 2 atom stereocenters. The predicted octanol–water partition coefficient (Wildman–Crippen LogP) is 2.25. The summed E-state index contributed by atoms with van der Waals surface area (Å²) in [4.78, 5) is 21.0. The molecular weight excluding hydrogens is 316 g/mol. The van der Waals surface area contributed by atoms with E-state index >= 15 is 0 Å². The molecule has 1 aromatic heterocycles. The third-order valence-corrected chi connectivity index (χ3v) is 5.19. The Balaban J connectivity index is 1.58. The number of aromatic nitrogens is 1. The largest absolute Gasteiger partial charge is 0.371 e. The van der Waals surface area contributed by atoms with Crippen molar-refractivity contribution in [1.29, 1.82) is 0 Å². The van der Waals surface area contributed by atoms with Crippen LogP contribution < -0.4 is 5.32 Å². The Labute approximate surface area is 150 Å². The molecule has 1 N–H and O–H groups in total. The molecule has 0 radical (unpaired) electrons. The van der Waals surface area contributed by atoms with Crippen molar-refractivity contribution >= 4 is 6.03 Å². The summed E-state index contributed by atoms with van der Waals surface area (Å²) in [5.74, 6) is 0. The van der Waals surface area contributed by atoms with Gasteiger partial charge in [-0.3, -0.25) is 9.88 Å². The molecule has 0 aliphatic carbocycles. The average Bonchev–Trinajstić information content (AvgIpc) is 2.99. The number of pyridine rings is 1. The molecule has 1 spiro atoms. The third-order valence-electron chi connectivity index (χ3n) is 5.19. The molecule has 0 bridgehead atoms. The number of likely N-dealkylation sites (N-methyl/N-ethyl adjacent to an activating group) is 1. The lowest BCUT2D eigenvalue weighted by Gasteiger charge is -2.40. The standard InChI is InChI=1S/C19H30N4O2/c1-15(2)21-18(24)23-10-6-8-19(14-23)11-17(13-25-19)22(3)12-16-7-4-5-9-20-16/h4-5,7,9,15,17H,6,8,10-14H2,1-3H3,(H,21,24)/t17-,19+/m0/s1. The number of hydrogen-bond acceptors (Lipinski definition) is 4. The van der Waals surface area contributed by atoms with Crippen LogP contribution in [0.3, 0.4) is 0 Å². The first-order chi connectivity index (χ1) is 12.0. The van der Waals surface area contributed by atoms with Gasteiger partial charge in [-0.15, -0.1) is 0 Å². The maximum absolute atomic E-state index is 12.3. The highest BCUT2D eigenvalue weighted by Crippen LogP contribution is 2.36. The number of ether oxygens (including phenoxy) is 1. The van der Waals surface area contributed by atoms with Gasteiger partial charge in [0, 0.05) is 31.4 Å². The number of amides is 2. The lowest BCUT2D eigenvalue weighted by atomic mass is 9.88. The monoisotopic (exact) mass is 346 g/mol. The molecule has 25 heavy (non-hydrogen) atoms. The topological polar surface area (TPSA) is 57.7 Å². The fourth-order valence-electron chi connectivity index (χ4n) is 3.87. The maximum atomic E-state index is 12.3. The van der Waals surface area contributed by atoms with Gasteiger partial charge >= 0.3 is 6.03 Å². The highest BCUT2D eigenvalue weighted by Gasteiger charge is 2.45. The van der Waals surface area contributed by atoms with Crippen LogP contribution in [0.1, 0.15) is 38.8 Å². The SMILES string of the molecule is CC(C)NC(=O)N1CCC[C@@]2(C[C@H](N(C)Cc3ccccn3)CO2)C1. The van der Waals surface area contributed by atoms with E-state index in [2.05, 4.69) is 28.3 Å². The highest BCUT2D eigenvalue weighted by molar-refractivity contribution is 5.74. The Kier molecular flexibility index (Phi) is 5.59. The van der Waals surface area contributed by atoms with Gasteiger partial charge in [-0.2, -0.15) is 0 Å². The number of nitrogens with one attached hydrogen (secondary N) is 1. The van der Waals surface area contributed by atoms with Crippen molar-refractivity contribution in [3.63, 3.8) is 0 Å². The minimum Gasteiger partial charge on any atom is -0.371 e. The molecule has 0 saturated carbocycles. The van der Waals surface area contributed by atoms with Gasteiger partial charge in [0.2, 0.25) is 0 Å².